The monoisotopic (exact) mass is 304 g/mol. The largest absolute Gasteiger partial charge is 0.396 e. The third-order valence-corrected chi connectivity index (χ3v) is 4.80. The predicted octanol–water partition coefficient (Wildman–Crippen LogP) is 1.67. The molecule has 0 saturated carbocycles. The second-order valence-electron chi connectivity index (χ2n) is 5.96. The van der Waals surface area contributed by atoms with Gasteiger partial charge in [0.2, 0.25) is 0 Å². The molecule has 120 valence electrons. The summed E-state index contributed by atoms with van der Waals surface area (Å²) in [6.07, 6.45) is 2.57. The number of hydrogen-bond donors (Lipinski definition) is 2. The Bertz CT molecular complexity index is 543. The minimum Gasteiger partial charge on any atom is -0.396 e. The van der Waals surface area contributed by atoms with E-state index in [1.165, 1.54) is 0 Å². The number of nitrogens with one attached hydrogen (secondary N) is 1. The van der Waals surface area contributed by atoms with Crippen LogP contribution in [0, 0.1) is 5.41 Å². The summed E-state index contributed by atoms with van der Waals surface area (Å²) in [5.41, 5.74) is 0.985. The summed E-state index contributed by atoms with van der Waals surface area (Å²) in [6, 6.07) is 6.79. The van der Waals surface area contributed by atoms with Crippen LogP contribution in [0.1, 0.15) is 46.9 Å². The van der Waals surface area contributed by atoms with Gasteiger partial charge in [-0.3, -0.25) is 9.59 Å². The van der Waals surface area contributed by atoms with Gasteiger partial charge in [-0.25, -0.2) is 0 Å². The maximum atomic E-state index is 12.6. The zero-order chi connectivity index (χ0) is 16.2. The smallest absolute Gasteiger partial charge is 0.253 e. The first-order valence-corrected chi connectivity index (χ1v) is 7.77. The first-order chi connectivity index (χ1) is 10.5. The van der Waals surface area contributed by atoms with Gasteiger partial charge >= 0.3 is 0 Å². The van der Waals surface area contributed by atoms with Crippen LogP contribution in [-0.4, -0.2) is 48.6 Å². The third kappa shape index (κ3) is 3.30. The van der Waals surface area contributed by atoms with Gasteiger partial charge in [0, 0.05) is 37.9 Å². The molecular weight excluding hydrogens is 280 g/mol. The molecule has 0 radical (unpaired) electrons. The lowest BCUT2D eigenvalue weighted by Gasteiger charge is -2.40. The highest BCUT2D eigenvalue weighted by Gasteiger charge is 2.34. The molecule has 0 unspecified atom stereocenters. The topological polar surface area (TPSA) is 69.6 Å². The van der Waals surface area contributed by atoms with Crippen LogP contribution in [0.4, 0.5) is 0 Å². The molecule has 5 nitrogen and oxygen atoms in total. The minimum absolute atomic E-state index is 0.0409. The molecule has 5 heteroatoms. The number of aliphatic hydroxyl groups is 1. The Morgan fingerprint density at radius 1 is 1.27 bits per heavy atom. The van der Waals surface area contributed by atoms with Crippen LogP contribution < -0.4 is 5.32 Å². The summed E-state index contributed by atoms with van der Waals surface area (Å²) in [5, 5.41) is 12.1. The van der Waals surface area contributed by atoms with Crippen molar-refractivity contribution in [1.82, 2.24) is 10.2 Å². The molecule has 0 atom stereocenters. The van der Waals surface area contributed by atoms with E-state index in [9.17, 15) is 14.7 Å². The lowest BCUT2D eigenvalue weighted by molar-refractivity contribution is 0.0338. The van der Waals surface area contributed by atoms with E-state index in [1.54, 1.807) is 31.3 Å². The molecule has 1 fully saturated rings. The number of nitrogens with zero attached hydrogens (tertiary/aromatic N) is 1. The average molecular weight is 304 g/mol. The first kappa shape index (κ1) is 16.5. The summed E-state index contributed by atoms with van der Waals surface area (Å²) in [5.74, 6) is -0.244. The van der Waals surface area contributed by atoms with Gasteiger partial charge < -0.3 is 15.3 Å². The van der Waals surface area contributed by atoms with Gasteiger partial charge in [-0.05, 0) is 42.9 Å². The van der Waals surface area contributed by atoms with E-state index in [4.69, 9.17) is 0 Å². The number of hydrogen-bond acceptors (Lipinski definition) is 3. The highest BCUT2D eigenvalue weighted by Crippen LogP contribution is 2.34. The van der Waals surface area contributed by atoms with E-state index in [-0.39, 0.29) is 23.8 Å². The SMILES string of the molecule is CCC1(CO)CCN(C(=O)c2cccc(C(=O)NC)c2)CC1. The van der Waals surface area contributed by atoms with E-state index in [2.05, 4.69) is 12.2 Å². The number of aliphatic hydroxyl groups excluding tert-OH is 1. The molecule has 0 bridgehead atoms. The molecule has 1 saturated heterocycles. The van der Waals surface area contributed by atoms with Crippen LogP contribution in [0.25, 0.3) is 0 Å². The van der Waals surface area contributed by atoms with Gasteiger partial charge in [0.1, 0.15) is 0 Å². The lowest BCUT2D eigenvalue weighted by Crippen LogP contribution is -2.44. The van der Waals surface area contributed by atoms with Crippen LogP contribution >= 0.6 is 0 Å². The molecule has 1 aliphatic rings. The van der Waals surface area contributed by atoms with Crippen LogP contribution in [0.5, 0.6) is 0 Å². The molecule has 2 rings (SSSR count). The van der Waals surface area contributed by atoms with Crippen LogP contribution in [0.2, 0.25) is 0 Å². The van der Waals surface area contributed by atoms with Crippen molar-refractivity contribution in [2.24, 2.45) is 5.41 Å². The average Bonchev–Trinajstić information content (AvgIpc) is 2.60. The van der Waals surface area contributed by atoms with Gasteiger partial charge in [0.15, 0.2) is 0 Å². The molecule has 2 amide bonds. The molecule has 0 aliphatic carbocycles. The van der Waals surface area contributed by atoms with E-state index >= 15 is 0 Å². The van der Waals surface area contributed by atoms with Gasteiger partial charge in [0.05, 0.1) is 0 Å². The number of piperidine rings is 1. The van der Waals surface area contributed by atoms with Crippen molar-refractivity contribution < 1.29 is 14.7 Å². The fourth-order valence-corrected chi connectivity index (χ4v) is 2.93. The maximum Gasteiger partial charge on any atom is 0.253 e. The van der Waals surface area contributed by atoms with Crippen LogP contribution in [-0.2, 0) is 0 Å². The number of benzene rings is 1. The van der Waals surface area contributed by atoms with Crippen LogP contribution in [0.3, 0.4) is 0 Å². The van der Waals surface area contributed by atoms with Crippen molar-refractivity contribution in [3.05, 3.63) is 35.4 Å². The van der Waals surface area contributed by atoms with Gasteiger partial charge in [0.25, 0.3) is 11.8 Å². The number of rotatable bonds is 4. The fraction of sp³-hybridized carbons (Fsp3) is 0.529. The summed E-state index contributed by atoms with van der Waals surface area (Å²) in [6.45, 7) is 3.56. The Labute approximate surface area is 131 Å². The van der Waals surface area contributed by atoms with E-state index in [0.29, 0.717) is 24.2 Å². The normalized spacial score (nSPS) is 17.1. The molecule has 0 spiro atoms. The Hall–Kier alpha value is -1.88. The summed E-state index contributed by atoms with van der Waals surface area (Å²) >= 11 is 0. The third-order valence-electron chi connectivity index (χ3n) is 4.80. The zero-order valence-electron chi connectivity index (χ0n) is 13.3. The molecule has 1 aromatic rings. The predicted molar refractivity (Wildman–Crippen MR) is 84.8 cm³/mol. The number of carbonyl (C=O) groups excluding carboxylic acids is 2. The van der Waals surface area contributed by atoms with Crippen molar-refractivity contribution in [2.45, 2.75) is 26.2 Å². The Balaban J connectivity index is 2.09. The van der Waals surface area contributed by atoms with Crippen molar-refractivity contribution in [1.29, 1.82) is 0 Å². The molecule has 0 aromatic heterocycles. The molecule has 1 aromatic carbocycles. The first-order valence-electron chi connectivity index (χ1n) is 7.77. The van der Waals surface area contributed by atoms with Gasteiger partial charge in [-0.2, -0.15) is 0 Å². The zero-order valence-corrected chi connectivity index (χ0v) is 13.3. The molecule has 1 aliphatic heterocycles. The molecular formula is C17H24N2O3. The Morgan fingerprint density at radius 2 is 1.91 bits per heavy atom. The van der Waals surface area contributed by atoms with Crippen molar-refractivity contribution in [2.75, 3.05) is 26.7 Å². The molecule has 2 N–H and O–H groups in total. The summed E-state index contributed by atoms with van der Waals surface area (Å²) < 4.78 is 0. The van der Waals surface area contributed by atoms with Crippen molar-refractivity contribution in [3.8, 4) is 0 Å². The second kappa shape index (κ2) is 6.92. The van der Waals surface area contributed by atoms with Crippen molar-refractivity contribution >= 4 is 11.8 Å². The fourth-order valence-electron chi connectivity index (χ4n) is 2.93. The van der Waals surface area contributed by atoms with Gasteiger partial charge in [-0.15, -0.1) is 0 Å². The lowest BCUT2D eigenvalue weighted by atomic mass is 9.77. The van der Waals surface area contributed by atoms with E-state index < -0.39 is 0 Å². The van der Waals surface area contributed by atoms with E-state index in [1.807, 2.05) is 4.90 Å². The Kier molecular flexibility index (Phi) is 5.19. The van der Waals surface area contributed by atoms with Crippen molar-refractivity contribution in [3.63, 3.8) is 0 Å². The number of amides is 2. The summed E-state index contributed by atoms with van der Waals surface area (Å²) in [7, 11) is 1.57. The number of likely N-dealkylation sites (tertiary alicyclic amines) is 1. The number of carbonyl (C=O) groups is 2. The Morgan fingerprint density at radius 3 is 2.45 bits per heavy atom. The van der Waals surface area contributed by atoms with Gasteiger partial charge in [-0.1, -0.05) is 13.0 Å². The highest BCUT2D eigenvalue weighted by molar-refractivity contribution is 5.99. The standard InChI is InChI=1S/C17H24N2O3/c1-3-17(12-20)7-9-19(10-8-17)16(22)14-6-4-5-13(11-14)15(21)18-2/h4-6,11,20H,3,7-10,12H2,1-2H3,(H,18,21). The molecule has 1 heterocycles. The minimum atomic E-state index is -0.196. The van der Waals surface area contributed by atoms with Crippen LogP contribution in [0.15, 0.2) is 24.3 Å². The second-order valence-corrected chi connectivity index (χ2v) is 5.96. The molecule has 22 heavy (non-hydrogen) atoms. The summed E-state index contributed by atoms with van der Waals surface area (Å²) in [4.78, 5) is 26.1. The van der Waals surface area contributed by atoms with E-state index in [0.717, 1.165) is 19.3 Å². The quantitative estimate of drug-likeness (QED) is 0.889. The maximum absolute atomic E-state index is 12.6. The highest BCUT2D eigenvalue weighted by atomic mass is 16.3.